The van der Waals surface area contributed by atoms with Gasteiger partial charge in [0, 0.05) is 24.0 Å². The molecule has 2 aromatic carbocycles. The highest BCUT2D eigenvalue weighted by Gasteiger charge is 2.30. The minimum Gasteiger partial charge on any atom is -0.442 e. The maximum absolute atomic E-state index is 13.0. The Balaban J connectivity index is 2.00. The van der Waals surface area contributed by atoms with Crippen molar-refractivity contribution in [3.8, 4) is 0 Å². The third-order valence-corrected chi connectivity index (χ3v) is 4.52. The summed E-state index contributed by atoms with van der Waals surface area (Å²) in [5.74, 6) is -1.08. The second-order valence-electron chi connectivity index (χ2n) is 6.15. The van der Waals surface area contributed by atoms with Crippen LogP contribution in [0.15, 0.2) is 59.4 Å². The molecule has 0 spiro atoms. The van der Waals surface area contributed by atoms with Crippen LogP contribution in [0.4, 0.5) is 0 Å². The van der Waals surface area contributed by atoms with Gasteiger partial charge in [0.1, 0.15) is 0 Å². The summed E-state index contributed by atoms with van der Waals surface area (Å²) in [6, 6.07) is 15.5. The van der Waals surface area contributed by atoms with Gasteiger partial charge in [-0.1, -0.05) is 48.5 Å². The molecular weight excluding hydrogens is 358 g/mol. The van der Waals surface area contributed by atoms with Crippen molar-refractivity contribution < 1.29 is 14.3 Å². The number of amides is 1. The summed E-state index contributed by atoms with van der Waals surface area (Å²) >= 11 is 0. The quantitative estimate of drug-likeness (QED) is 0.665. The van der Waals surface area contributed by atoms with Crippen LogP contribution in [0.1, 0.15) is 36.0 Å². The zero-order chi connectivity index (χ0) is 20.1. The van der Waals surface area contributed by atoms with Gasteiger partial charge in [0.05, 0.1) is 5.39 Å². The molecule has 28 heavy (non-hydrogen) atoms. The number of carbonyl (C=O) groups excluding carboxylic acids is 2. The summed E-state index contributed by atoms with van der Waals surface area (Å²) < 4.78 is 5.60. The first-order valence-corrected chi connectivity index (χ1v) is 9.09. The molecule has 0 fully saturated rings. The maximum atomic E-state index is 13.0. The van der Waals surface area contributed by atoms with Crippen LogP contribution in [0.3, 0.4) is 0 Å². The maximum Gasteiger partial charge on any atom is 0.360 e. The minimum atomic E-state index is -1.10. The molecular formula is C21H21N3O4. The van der Waals surface area contributed by atoms with Gasteiger partial charge in [-0.05, 0) is 19.9 Å². The topological polar surface area (TPSA) is 92.4 Å². The van der Waals surface area contributed by atoms with Crippen LogP contribution in [0.25, 0.3) is 10.8 Å². The van der Waals surface area contributed by atoms with Crippen molar-refractivity contribution in [1.82, 2.24) is 15.1 Å². The molecule has 3 aromatic rings. The Hall–Kier alpha value is -3.48. The van der Waals surface area contributed by atoms with E-state index in [1.807, 2.05) is 19.9 Å². The Kier molecular flexibility index (Phi) is 5.84. The number of aromatic nitrogens is 2. The van der Waals surface area contributed by atoms with Crippen LogP contribution in [0, 0.1) is 0 Å². The van der Waals surface area contributed by atoms with Gasteiger partial charge in [0.25, 0.3) is 11.5 Å². The van der Waals surface area contributed by atoms with Crippen LogP contribution in [-0.2, 0) is 9.53 Å². The van der Waals surface area contributed by atoms with Gasteiger partial charge < -0.3 is 9.64 Å². The Morgan fingerprint density at radius 3 is 2.25 bits per heavy atom. The first kappa shape index (κ1) is 19.3. The highest BCUT2D eigenvalue weighted by molar-refractivity contribution is 6.02. The number of aromatic amines is 1. The molecule has 0 radical (unpaired) electrons. The van der Waals surface area contributed by atoms with Crippen LogP contribution < -0.4 is 5.56 Å². The number of ether oxygens (including phenoxy) is 1. The second-order valence-corrected chi connectivity index (χ2v) is 6.15. The predicted octanol–water partition coefficient (Wildman–Crippen LogP) is 2.69. The largest absolute Gasteiger partial charge is 0.442 e. The first-order chi connectivity index (χ1) is 13.6. The van der Waals surface area contributed by atoms with E-state index < -0.39 is 17.6 Å². The zero-order valence-electron chi connectivity index (χ0n) is 15.7. The van der Waals surface area contributed by atoms with Crippen molar-refractivity contribution in [1.29, 1.82) is 0 Å². The minimum absolute atomic E-state index is 0.0384. The van der Waals surface area contributed by atoms with E-state index >= 15 is 0 Å². The van der Waals surface area contributed by atoms with Gasteiger partial charge >= 0.3 is 5.97 Å². The molecule has 1 amide bonds. The monoisotopic (exact) mass is 379 g/mol. The lowest BCUT2D eigenvalue weighted by atomic mass is 10.1. The molecule has 0 aliphatic heterocycles. The SMILES string of the molecule is CCN(CC)C(=O)[C@@H](OC(=O)c1n[nH]c(=O)c2ccccc12)c1ccccc1. The molecule has 7 heteroatoms. The highest BCUT2D eigenvalue weighted by atomic mass is 16.5. The lowest BCUT2D eigenvalue weighted by molar-refractivity contribution is -0.140. The van der Waals surface area contributed by atoms with E-state index in [4.69, 9.17) is 4.74 Å². The number of rotatable bonds is 6. The fraction of sp³-hybridized carbons (Fsp3) is 0.238. The molecule has 0 bridgehead atoms. The van der Waals surface area contributed by atoms with E-state index in [9.17, 15) is 14.4 Å². The average molecular weight is 379 g/mol. The number of hydrogen-bond acceptors (Lipinski definition) is 5. The van der Waals surface area contributed by atoms with E-state index in [1.54, 1.807) is 53.4 Å². The normalized spacial score (nSPS) is 11.8. The third-order valence-electron chi connectivity index (χ3n) is 4.52. The molecule has 144 valence electrons. The predicted molar refractivity (Wildman–Crippen MR) is 105 cm³/mol. The number of esters is 1. The number of carbonyl (C=O) groups is 2. The summed E-state index contributed by atoms with van der Waals surface area (Å²) in [5.41, 5.74) is 0.135. The van der Waals surface area contributed by atoms with E-state index in [-0.39, 0.29) is 11.6 Å². The van der Waals surface area contributed by atoms with Gasteiger partial charge in [-0.2, -0.15) is 5.10 Å². The van der Waals surface area contributed by atoms with Crippen LogP contribution >= 0.6 is 0 Å². The van der Waals surface area contributed by atoms with Crippen molar-refractivity contribution >= 4 is 22.6 Å². The van der Waals surface area contributed by atoms with E-state index in [0.29, 0.717) is 29.4 Å². The average Bonchev–Trinajstić information content (AvgIpc) is 2.73. The molecule has 0 saturated carbocycles. The Morgan fingerprint density at radius 2 is 1.61 bits per heavy atom. The first-order valence-electron chi connectivity index (χ1n) is 9.09. The van der Waals surface area contributed by atoms with Gasteiger partial charge in [0.15, 0.2) is 5.69 Å². The molecule has 0 saturated heterocycles. The van der Waals surface area contributed by atoms with Gasteiger partial charge in [-0.15, -0.1) is 0 Å². The summed E-state index contributed by atoms with van der Waals surface area (Å²) in [5, 5.41) is 6.87. The lowest BCUT2D eigenvalue weighted by Gasteiger charge is -2.25. The molecule has 1 heterocycles. The number of likely N-dealkylation sites (N-methyl/N-ethyl adjacent to an activating group) is 1. The Morgan fingerprint density at radius 1 is 1.00 bits per heavy atom. The van der Waals surface area contributed by atoms with Crippen molar-refractivity contribution in [3.63, 3.8) is 0 Å². The Bertz CT molecular complexity index is 1040. The zero-order valence-corrected chi connectivity index (χ0v) is 15.7. The molecule has 0 aliphatic carbocycles. The molecule has 7 nitrogen and oxygen atoms in total. The third kappa shape index (κ3) is 3.78. The van der Waals surface area contributed by atoms with Crippen molar-refractivity contribution in [2.45, 2.75) is 20.0 Å². The Labute approximate surface area is 161 Å². The highest BCUT2D eigenvalue weighted by Crippen LogP contribution is 2.23. The molecule has 0 aliphatic rings. The summed E-state index contributed by atoms with van der Waals surface area (Å²) in [6.07, 6.45) is -1.10. The number of benzene rings is 2. The summed E-state index contributed by atoms with van der Waals surface area (Å²) in [4.78, 5) is 39.4. The lowest BCUT2D eigenvalue weighted by Crippen LogP contribution is -2.37. The molecule has 1 N–H and O–H groups in total. The summed E-state index contributed by atoms with van der Waals surface area (Å²) in [6.45, 7) is 4.72. The van der Waals surface area contributed by atoms with E-state index in [2.05, 4.69) is 10.2 Å². The second kappa shape index (κ2) is 8.47. The number of H-pyrrole nitrogens is 1. The van der Waals surface area contributed by atoms with Crippen LogP contribution in [0.2, 0.25) is 0 Å². The summed E-state index contributed by atoms with van der Waals surface area (Å²) in [7, 11) is 0. The van der Waals surface area contributed by atoms with Gasteiger partial charge in [-0.25, -0.2) is 9.89 Å². The fourth-order valence-corrected chi connectivity index (χ4v) is 3.02. The van der Waals surface area contributed by atoms with Gasteiger partial charge in [-0.3, -0.25) is 9.59 Å². The van der Waals surface area contributed by atoms with Crippen LogP contribution in [0.5, 0.6) is 0 Å². The van der Waals surface area contributed by atoms with Gasteiger partial charge in [0.2, 0.25) is 6.10 Å². The molecule has 1 aromatic heterocycles. The van der Waals surface area contributed by atoms with Crippen LogP contribution in [-0.4, -0.2) is 40.1 Å². The van der Waals surface area contributed by atoms with Crippen molar-refractivity contribution in [3.05, 3.63) is 76.2 Å². The fourth-order valence-electron chi connectivity index (χ4n) is 3.02. The molecule has 3 rings (SSSR count). The van der Waals surface area contributed by atoms with E-state index in [1.165, 1.54) is 0 Å². The van der Waals surface area contributed by atoms with Crippen molar-refractivity contribution in [2.75, 3.05) is 13.1 Å². The molecule has 0 unspecified atom stereocenters. The van der Waals surface area contributed by atoms with E-state index in [0.717, 1.165) is 0 Å². The number of nitrogens with zero attached hydrogens (tertiary/aromatic N) is 2. The smallest absolute Gasteiger partial charge is 0.360 e. The van der Waals surface area contributed by atoms with Crippen molar-refractivity contribution in [2.24, 2.45) is 0 Å². The number of nitrogens with one attached hydrogen (secondary N) is 1. The number of hydrogen-bond donors (Lipinski definition) is 1. The number of fused-ring (bicyclic) bond motifs is 1. The molecule has 1 atom stereocenters. The standard InChI is InChI=1S/C21H21N3O4/c1-3-24(4-2)20(26)18(14-10-6-5-7-11-14)28-21(27)17-15-12-8-9-13-16(15)19(25)23-22-17/h5-13,18H,3-4H2,1-2H3,(H,23,25)/t18-/m0/s1.